The van der Waals surface area contributed by atoms with Crippen molar-refractivity contribution >= 4 is 22.8 Å². The number of amides is 1. The summed E-state index contributed by atoms with van der Waals surface area (Å²) in [4.78, 5) is 22.4. The van der Waals surface area contributed by atoms with Gasteiger partial charge in [-0.05, 0) is 31.4 Å². The Morgan fingerprint density at radius 2 is 1.95 bits per heavy atom. The molecule has 0 aliphatic rings. The number of carboxylic acids is 1. The Bertz CT molecular complexity index is 660. The van der Waals surface area contributed by atoms with Crippen molar-refractivity contribution in [1.29, 1.82) is 0 Å². The largest absolute Gasteiger partial charge is 0.481 e. The molecular weight excluding hydrogens is 282 g/mol. The maximum atomic E-state index is 12.0. The van der Waals surface area contributed by atoms with Crippen molar-refractivity contribution in [3.05, 3.63) is 35.6 Å². The van der Waals surface area contributed by atoms with Crippen molar-refractivity contribution in [2.24, 2.45) is 0 Å². The number of furan rings is 1. The second kappa shape index (κ2) is 7.64. The summed E-state index contributed by atoms with van der Waals surface area (Å²) in [7, 11) is 0. The highest BCUT2D eigenvalue weighted by molar-refractivity contribution is 5.96. The number of hydrogen-bond donors (Lipinski definition) is 2. The number of para-hydroxylation sites is 1. The van der Waals surface area contributed by atoms with Gasteiger partial charge in [0.25, 0.3) is 5.91 Å². The molecule has 2 aromatic rings. The Labute approximate surface area is 129 Å². The molecular formula is C17H21NO4. The summed E-state index contributed by atoms with van der Waals surface area (Å²) < 4.78 is 5.61. The highest BCUT2D eigenvalue weighted by Crippen LogP contribution is 2.22. The van der Waals surface area contributed by atoms with Crippen LogP contribution in [0.1, 0.15) is 48.2 Å². The van der Waals surface area contributed by atoms with Gasteiger partial charge in [0, 0.05) is 18.4 Å². The molecule has 1 heterocycles. The monoisotopic (exact) mass is 303 g/mol. The van der Waals surface area contributed by atoms with Gasteiger partial charge < -0.3 is 14.8 Å². The maximum Gasteiger partial charge on any atom is 0.303 e. The van der Waals surface area contributed by atoms with E-state index in [9.17, 15) is 9.59 Å². The van der Waals surface area contributed by atoms with Crippen LogP contribution < -0.4 is 5.32 Å². The molecule has 0 spiro atoms. The lowest BCUT2D eigenvalue weighted by Gasteiger charge is -2.02. The van der Waals surface area contributed by atoms with Crippen LogP contribution in [-0.4, -0.2) is 23.5 Å². The van der Waals surface area contributed by atoms with Crippen molar-refractivity contribution in [3.8, 4) is 0 Å². The molecule has 1 aromatic carbocycles. The van der Waals surface area contributed by atoms with Crippen LogP contribution in [0.25, 0.3) is 11.0 Å². The van der Waals surface area contributed by atoms with Gasteiger partial charge in [-0.1, -0.05) is 31.0 Å². The highest BCUT2D eigenvalue weighted by Gasteiger charge is 2.12. The van der Waals surface area contributed by atoms with E-state index in [0.29, 0.717) is 18.7 Å². The molecule has 5 nitrogen and oxygen atoms in total. The zero-order valence-corrected chi connectivity index (χ0v) is 12.7. The molecule has 0 fully saturated rings. The summed E-state index contributed by atoms with van der Waals surface area (Å²) >= 11 is 0. The molecule has 22 heavy (non-hydrogen) atoms. The summed E-state index contributed by atoms with van der Waals surface area (Å²) in [6.07, 6.45) is 3.51. The van der Waals surface area contributed by atoms with Gasteiger partial charge >= 0.3 is 5.97 Å². The second-order valence-corrected chi connectivity index (χ2v) is 5.42. The second-order valence-electron chi connectivity index (χ2n) is 5.42. The number of nitrogens with one attached hydrogen (secondary N) is 1. The number of carboxylic acid groups (broad SMARTS) is 1. The molecule has 118 valence electrons. The zero-order valence-electron chi connectivity index (χ0n) is 12.7. The van der Waals surface area contributed by atoms with Gasteiger partial charge in [0.1, 0.15) is 5.58 Å². The standard InChI is InChI=1S/C17H21NO4/c1-12-7-6-8-13-11-14(22-16(12)13)17(21)18-10-5-3-2-4-9-15(19)20/h6-8,11H,2-5,9-10H2,1H3,(H,18,21)(H,19,20). The highest BCUT2D eigenvalue weighted by atomic mass is 16.4. The quantitative estimate of drug-likeness (QED) is 0.731. The lowest BCUT2D eigenvalue weighted by molar-refractivity contribution is -0.137. The first-order chi connectivity index (χ1) is 10.6. The van der Waals surface area contributed by atoms with Crippen molar-refractivity contribution in [3.63, 3.8) is 0 Å². The minimum absolute atomic E-state index is 0.207. The van der Waals surface area contributed by atoms with E-state index in [4.69, 9.17) is 9.52 Å². The summed E-state index contributed by atoms with van der Waals surface area (Å²) in [5, 5.41) is 12.3. The Hall–Kier alpha value is -2.30. The van der Waals surface area contributed by atoms with E-state index in [2.05, 4.69) is 5.32 Å². The van der Waals surface area contributed by atoms with Gasteiger partial charge in [-0.2, -0.15) is 0 Å². The molecule has 0 saturated heterocycles. The van der Waals surface area contributed by atoms with E-state index in [-0.39, 0.29) is 12.3 Å². The number of fused-ring (bicyclic) bond motifs is 1. The van der Waals surface area contributed by atoms with Crippen LogP contribution in [0.15, 0.2) is 28.7 Å². The van der Waals surface area contributed by atoms with E-state index in [0.717, 1.165) is 35.8 Å². The average molecular weight is 303 g/mol. The summed E-state index contributed by atoms with van der Waals surface area (Å²) in [6.45, 7) is 2.52. The smallest absolute Gasteiger partial charge is 0.303 e. The number of benzene rings is 1. The molecule has 0 atom stereocenters. The molecule has 1 amide bonds. The maximum absolute atomic E-state index is 12.0. The van der Waals surface area contributed by atoms with E-state index < -0.39 is 5.97 Å². The Balaban J connectivity index is 1.75. The lowest BCUT2D eigenvalue weighted by atomic mass is 10.1. The first-order valence-corrected chi connectivity index (χ1v) is 7.57. The van der Waals surface area contributed by atoms with E-state index in [1.165, 1.54) is 0 Å². The third-order valence-electron chi connectivity index (χ3n) is 3.57. The van der Waals surface area contributed by atoms with Crippen LogP contribution >= 0.6 is 0 Å². The molecule has 2 rings (SSSR count). The molecule has 2 N–H and O–H groups in total. The van der Waals surface area contributed by atoms with Gasteiger partial charge in [-0.15, -0.1) is 0 Å². The van der Waals surface area contributed by atoms with E-state index >= 15 is 0 Å². The number of aliphatic carboxylic acids is 1. The van der Waals surface area contributed by atoms with Crippen LogP contribution in [0.4, 0.5) is 0 Å². The first-order valence-electron chi connectivity index (χ1n) is 7.57. The molecule has 0 unspecified atom stereocenters. The Kier molecular flexibility index (Phi) is 5.58. The van der Waals surface area contributed by atoms with Gasteiger partial charge in [0.2, 0.25) is 0 Å². The summed E-state index contributed by atoms with van der Waals surface area (Å²) in [5.41, 5.74) is 1.76. The fourth-order valence-electron chi connectivity index (χ4n) is 2.36. The van der Waals surface area contributed by atoms with Crippen molar-refractivity contribution in [1.82, 2.24) is 5.32 Å². The third kappa shape index (κ3) is 4.35. The molecule has 1 aromatic heterocycles. The predicted molar refractivity (Wildman–Crippen MR) is 84.0 cm³/mol. The molecule has 0 aliphatic heterocycles. The van der Waals surface area contributed by atoms with Crippen LogP contribution in [0, 0.1) is 6.92 Å². The molecule has 0 saturated carbocycles. The van der Waals surface area contributed by atoms with E-state index in [1.807, 2.05) is 25.1 Å². The van der Waals surface area contributed by atoms with Gasteiger partial charge in [-0.3, -0.25) is 9.59 Å². The van der Waals surface area contributed by atoms with Crippen LogP contribution in [0.5, 0.6) is 0 Å². The first kappa shape index (κ1) is 16.1. The third-order valence-corrected chi connectivity index (χ3v) is 3.57. The Morgan fingerprint density at radius 3 is 2.68 bits per heavy atom. The summed E-state index contributed by atoms with van der Waals surface area (Å²) in [5.74, 6) is -0.634. The number of unbranched alkanes of at least 4 members (excludes halogenated alkanes) is 3. The van der Waals surface area contributed by atoms with Gasteiger partial charge in [0.05, 0.1) is 0 Å². The van der Waals surface area contributed by atoms with Crippen LogP contribution in [-0.2, 0) is 4.79 Å². The normalized spacial score (nSPS) is 10.8. The van der Waals surface area contributed by atoms with Crippen LogP contribution in [0.3, 0.4) is 0 Å². The number of hydrogen-bond acceptors (Lipinski definition) is 3. The number of aryl methyl sites for hydroxylation is 1. The fourth-order valence-corrected chi connectivity index (χ4v) is 2.36. The van der Waals surface area contributed by atoms with Gasteiger partial charge in [-0.25, -0.2) is 0 Å². The molecule has 0 radical (unpaired) electrons. The van der Waals surface area contributed by atoms with E-state index in [1.54, 1.807) is 6.07 Å². The van der Waals surface area contributed by atoms with Crippen molar-refractivity contribution in [2.45, 2.75) is 39.0 Å². The number of carbonyl (C=O) groups is 2. The molecule has 0 bridgehead atoms. The Morgan fingerprint density at radius 1 is 1.18 bits per heavy atom. The zero-order chi connectivity index (χ0) is 15.9. The SMILES string of the molecule is Cc1cccc2cc(C(=O)NCCCCCCC(=O)O)oc12. The van der Waals surface area contributed by atoms with Crippen molar-refractivity contribution < 1.29 is 19.1 Å². The van der Waals surface area contributed by atoms with Crippen LogP contribution in [0.2, 0.25) is 0 Å². The molecule has 5 heteroatoms. The lowest BCUT2D eigenvalue weighted by Crippen LogP contribution is -2.23. The number of rotatable bonds is 8. The predicted octanol–water partition coefficient (Wildman–Crippen LogP) is 3.51. The number of carbonyl (C=O) groups excluding carboxylic acids is 1. The molecule has 0 aliphatic carbocycles. The van der Waals surface area contributed by atoms with Gasteiger partial charge in [0.15, 0.2) is 5.76 Å². The van der Waals surface area contributed by atoms with Crippen molar-refractivity contribution in [2.75, 3.05) is 6.54 Å². The average Bonchev–Trinajstić information content (AvgIpc) is 2.91. The minimum Gasteiger partial charge on any atom is -0.481 e. The minimum atomic E-state index is -0.756. The fraction of sp³-hybridized carbons (Fsp3) is 0.412. The topological polar surface area (TPSA) is 79.5 Å². The summed E-state index contributed by atoms with van der Waals surface area (Å²) in [6, 6.07) is 7.56.